The summed E-state index contributed by atoms with van der Waals surface area (Å²) in [5.41, 5.74) is 0.658. The maximum absolute atomic E-state index is 13.0. The second-order valence-corrected chi connectivity index (χ2v) is 6.70. The molecular formula is C19H25N3O4. The van der Waals surface area contributed by atoms with Crippen LogP contribution in [0.5, 0.6) is 0 Å². The van der Waals surface area contributed by atoms with Gasteiger partial charge in [-0.25, -0.2) is 4.79 Å². The number of carbonyl (C=O) groups is 3. The van der Waals surface area contributed by atoms with Gasteiger partial charge in [-0.15, -0.1) is 0 Å². The Labute approximate surface area is 153 Å². The predicted molar refractivity (Wildman–Crippen MR) is 96.5 cm³/mol. The molecule has 1 aromatic rings. The van der Waals surface area contributed by atoms with Gasteiger partial charge in [0.15, 0.2) is 0 Å². The fourth-order valence-corrected chi connectivity index (χ4v) is 3.82. The topological polar surface area (TPSA) is 87.7 Å². The first-order chi connectivity index (χ1) is 12.6. The lowest BCUT2D eigenvalue weighted by atomic mass is 9.85. The maximum atomic E-state index is 13.0. The lowest BCUT2D eigenvalue weighted by Gasteiger charge is -2.47. The van der Waals surface area contributed by atoms with Gasteiger partial charge >= 0.3 is 12.0 Å². The van der Waals surface area contributed by atoms with Crippen LogP contribution >= 0.6 is 0 Å². The predicted octanol–water partition coefficient (Wildman–Crippen LogP) is 2.28. The summed E-state index contributed by atoms with van der Waals surface area (Å²) < 4.78 is 5.00. The Morgan fingerprint density at radius 1 is 1.23 bits per heavy atom. The van der Waals surface area contributed by atoms with Crippen molar-refractivity contribution in [3.05, 3.63) is 30.3 Å². The van der Waals surface area contributed by atoms with E-state index in [1.54, 1.807) is 24.0 Å². The fraction of sp³-hybridized carbons (Fsp3) is 0.526. The van der Waals surface area contributed by atoms with Crippen LogP contribution in [-0.2, 0) is 14.3 Å². The average molecular weight is 359 g/mol. The molecule has 0 radical (unpaired) electrons. The van der Waals surface area contributed by atoms with Crippen molar-refractivity contribution < 1.29 is 19.1 Å². The number of anilines is 1. The van der Waals surface area contributed by atoms with Gasteiger partial charge in [0, 0.05) is 11.7 Å². The van der Waals surface area contributed by atoms with Gasteiger partial charge < -0.3 is 20.3 Å². The number of carbonyl (C=O) groups excluding carboxylic acids is 3. The van der Waals surface area contributed by atoms with Crippen LogP contribution in [0.1, 0.15) is 39.0 Å². The van der Waals surface area contributed by atoms with E-state index in [1.165, 1.54) is 0 Å². The van der Waals surface area contributed by atoms with Crippen LogP contribution in [0.2, 0.25) is 0 Å². The highest BCUT2D eigenvalue weighted by molar-refractivity contribution is 5.96. The molecule has 0 bridgehead atoms. The summed E-state index contributed by atoms with van der Waals surface area (Å²) in [6, 6.07) is 7.75. The number of hydrogen-bond donors (Lipinski definition) is 2. The molecule has 3 rings (SSSR count). The molecule has 7 nitrogen and oxygen atoms in total. The van der Waals surface area contributed by atoms with Gasteiger partial charge in [-0.2, -0.15) is 0 Å². The Kier molecular flexibility index (Phi) is 5.75. The van der Waals surface area contributed by atoms with E-state index >= 15 is 0 Å². The van der Waals surface area contributed by atoms with Gasteiger partial charge in [0.05, 0.1) is 19.1 Å². The number of para-hydroxylation sites is 1. The van der Waals surface area contributed by atoms with E-state index < -0.39 is 12.0 Å². The third-order valence-electron chi connectivity index (χ3n) is 4.98. The summed E-state index contributed by atoms with van der Waals surface area (Å²) in [5.74, 6) is -0.760. The molecule has 1 saturated carbocycles. The van der Waals surface area contributed by atoms with Crippen molar-refractivity contribution in [1.82, 2.24) is 10.2 Å². The number of amides is 3. The number of nitrogens with one attached hydrogen (secondary N) is 2. The van der Waals surface area contributed by atoms with E-state index in [9.17, 15) is 14.4 Å². The molecule has 2 N–H and O–H groups in total. The van der Waals surface area contributed by atoms with Crippen LogP contribution < -0.4 is 10.6 Å². The van der Waals surface area contributed by atoms with Crippen LogP contribution in [0.3, 0.4) is 0 Å². The van der Waals surface area contributed by atoms with Crippen LogP contribution in [-0.4, -0.2) is 47.5 Å². The molecule has 3 atom stereocenters. The summed E-state index contributed by atoms with van der Waals surface area (Å²) in [4.78, 5) is 39.2. The summed E-state index contributed by atoms with van der Waals surface area (Å²) in [6.07, 6.45) is 3.55. The average Bonchev–Trinajstić information content (AvgIpc) is 2.63. The molecule has 1 aliphatic heterocycles. The van der Waals surface area contributed by atoms with Crippen LogP contribution in [0.4, 0.5) is 10.5 Å². The van der Waals surface area contributed by atoms with E-state index in [1.807, 2.05) is 18.2 Å². The molecular weight excluding hydrogens is 334 g/mol. The van der Waals surface area contributed by atoms with E-state index in [-0.39, 0.29) is 37.0 Å². The Balaban J connectivity index is 1.83. The van der Waals surface area contributed by atoms with Gasteiger partial charge in [-0.05, 0) is 31.9 Å². The van der Waals surface area contributed by atoms with Crippen molar-refractivity contribution in [3.63, 3.8) is 0 Å². The summed E-state index contributed by atoms with van der Waals surface area (Å²) in [5, 5.41) is 5.85. The van der Waals surface area contributed by atoms with Gasteiger partial charge in [0.25, 0.3) is 0 Å². The van der Waals surface area contributed by atoms with Gasteiger partial charge in [-0.3, -0.25) is 9.59 Å². The highest BCUT2D eigenvalue weighted by Gasteiger charge is 2.46. The molecule has 1 heterocycles. The zero-order valence-corrected chi connectivity index (χ0v) is 14.9. The monoisotopic (exact) mass is 359 g/mol. The molecule has 3 amide bonds. The third kappa shape index (κ3) is 3.98. The minimum absolute atomic E-state index is 0.0591. The summed E-state index contributed by atoms with van der Waals surface area (Å²) in [7, 11) is 0. The van der Waals surface area contributed by atoms with Crippen LogP contribution in [0.25, 0.3) is 0 Å². The number of esters is 1. The zero-order chi connectivity index (χ0) is 18.5. The first-order valence-corrected chi connectivity index (χ1v) is 9.20. The molecule has 1 aliphatic carbocycles. The van der Waals surface area contributed by atoms with Gasteiger partial charge in [0.1, 0.15) is 6.04 Å². The highest BCUT2D eigenvalue weighted by Crippen LogP contribution is 2.30. The van der Waals surface area contributed by atoms with Gasteiger partial charge in [-0.1, -0.05) is 31.0 Å². The largest absolute Gasteiger partial charge is 0.466 e. The van der Waals surface area contributed by atoms with Crippen LogP contribution in [0.15, 0.2) is 30.3 Å². The van der Waals surface area contributed by atoms with Crippen molar-refractivity contribution in [2.24, 2.45) is 0 Å². The number of nitrogens with zero attached hydrogens (tertiary/aromatic N) is 1. The number of hydrogen-bond acceptors (Lipinski definition) is 4. The Hall–Kier alpha value is -2.57. The number of benzene rings is 1. The minimum Gasteiger partial charge on any atom is -0.466 e. The van der Waals surface area contributed by atoms with E-state index in [0.29, 0.717) is 5.69 Å². The third-order valence-corrected chi connectivity index (χ3v) is 4.98. The summed E-state index contributed by atoms with van der Waals surface area (Å²) >= 11 is 0. The quantitative estimate of drug-likeness (QED) is 0.808. The molecule has 1 saturated heterocycles. The molecule has 0 aromatic heterocycles. The molecule has 2 fully saturated rings. The fourth-order valence-electron chi connectivity index (χ4n) is 3.82. The van der Waals surface area contributed by atoms with Crippen molar-refractivity contribution in [2.75, 3.05) is 11.9 Å². The molecule has 2 aliphatic rings. The molecule has 0 unspecified atom stereocenters. The number of piperazine rings is 1. The van der Waals surface area contributed by atoms with Crippen molar-refractivity contribution >= 4 is 23.6 Å². The van der Waals surface area contributed by atoms with E-state index in [4.69, 9.17) is 4.74 Å². The van der Waals surface area contributed by atoms with Crippen LogP contribution in [0, 0.1) is 0 Å². The molecule has 0 spiro atoms. The Morgan fingerprint density at radius 3 is 2.69 bits per heavy atom. The summed E-state index contributed by atoms with van der Waals surface area (Å²) in [6.45, 7) is 1.96. The lowest BCUT2D eigenvalue weighted by molar-refractivity contribution is -0.148. The van der Waals surface area contributed by atoms with Crippen molar-refractivity contribution in [3.8, 4) is 0 Å². The molecule has 1 aromatic carbocycles. The number of fused-ring (bicyclic) bond motifs is 1. The molecule has 26 heavy (non-hydrogen) atoms. The Morgan fingerprint density at radius 2 is 1.96 bits per heavy atom. The van der Waals surface area contributed by atoms with E-state index in [0.717, 1.165) is 25.7 Å². The maximum Gasteiger partial charge on any atom is 0.322 e. The first-order valence-electron chi connectivity index (χ1n) is 9.20. The minimum atomic E-state index is -0.850. The molecule has 7 heteroatoms. The SMILES string of the molecule is CCOC(=O)C[C@@H]1C(=O)N[C@@H]2CCCC[C@@H]2N1C(=O)Nc1ccccc1. The second-order valence-electron chi connectivity index (χ2n) is 6.70. The van der Waals surface area contributed by atoms with Crippen molar-refractivity contribution in [1.29, 1.82) is 0 Å². The lowest BCUT2D eigenvalue weighted by Crippen LogP contribution is -2.68. The number of rotatable bonds is 4. The normalized spacial score (nSPS) is 25.0. The number of urea groups is 1. The van der Waals surface area contributed by atoms with Gasteiger partial charge in [0.2, 0.25) is 5.91 Å². The zero-order valence-electron chi connectivity index (χ0n) is 14.9. The second kappa shape index (κ2) is 8.21. The first kappa shape index (κ1) is 18.2. The highest BCUT2D eigenvalue weighted by atomic mass is 16.5. The van der Waals surface area contributed by atoms with E-state index in [2.05, 4.69) is 10.6 Å². The standard InChI is InChI=1S/C19H25N3O4/c1-2-26-17(23)12-16-18(24)21-14-10-6-7-11-15(14)22(16)19(25)20-13-8-4-3-5-9-13/h3-5,8-9,14-16H,2,6-7,10-12H2,1H3,(H,20,25)(H,21,24)/t14-,15+,16-/m1/s1. The smallest absolute Gasteiger partial charge is 0.322 e. The number of ether oxygens (including phenoxy) is 1. The van der Waals surface area contributed by atoms with Crippen molar-refractivity contribution in [2.45, 2.75) is 57.2 Å². The Bertz CT molecular complexity index is 664. The molecule has 140 valence electrons.